The van der Waals surface area contributed by atoms with Gasteiger partial charge in [-0.25, -0.2) is 0 Å². The Bertz CT molecular complexity index is 409. The van der Waals surface area contributed by atoms with Crippen LogP contribution in [0.2, 0.25) is 0 Å². The van der Waals surface area contributed by atoms with Crippen molar-refractivity contribution in [2.75, 3.05) is 18.8 Å². The van der Waals surface area contributed by atoms with Crippen LogP contribution in [0.5, 0.6) is 0 Å². The minimum Gasteiger partial charge on any atom is -0.382 e. The van der Waals surface area contributed by atoms with Crippen LogP contribution in [-0.2, 0) is 0 Å². The van der Waals surface area contributed by atoms with Gasteiger partial charge in [-0.3, -0.25) is 0 Å². The molecule has 0 radical (unpaired) electrons. The Morgan fingerprint density at radius 2 is 2.19 bits per heavy atom. The summed E-state index contributed by atoms with van der Waals surface area (Å²) in [6, 6.07) is 0. The van der Waals surface area contributed by atoms with Gasteiger partial charge in [-0.15, -0.1) is 5.10 Å². The fourth-order valence-electron chi connectivity index (χ4n) is 3.09. The van der Waals surface area contributed by atoms with E-state index in [0.717, 1.165) is 18.7 Å². The first kappa shape index (κ1) is 10.0. The maximum atomic E-state index is 5.82. The van der Waals surface area contributed by atoms with E-state index in [1.807, 2.05) is 6.20 Å². The molecule has 1 aliphatic heterocycles. The van der Waals surface area contributed by atoms with E-state index in [4.69, 9.17) is 5.73 Å². The molecule has 2 aliphatic rings. The van der Waals surface area contributed by atoms with E-state index in [1.54, 1.807) is 0 Å². The number of hydrogen-bond donors (Lipinski definition) is 2. The molecule has 86 valence electrons. The Kier molecular flexibility index (Phi) is 2.14. The largest absolute Gasteiger partial charge is 0.382 e. The molecule has 1 aromatic rings. The molecule has 0 amide bonds. The zero-order chi connectivity index (χ0) is 11.2. The lowest BCUT2D eigenvalue weighted by atomic mass is 9.89. The Morgan fingerprint density at radius 1 is 1.44 bits per heavy atom. The second-order valence-electron chi connectivity index (χ2n) is 5.18. The zero-order valence-electron chi connectivity index (χ0n) is 9.66. The number of nitrogen functional groups attached to an aromatic ring is 1. The monoisotopic (exact) mass is 218 g/mol. The molecule has 0 aromatic carbocycles. The number of hydrogen-bond acceptors (Lipinski definition) is 4. The van der Waals surface area contributed by atoms with Gasteiger partial charge in [0.1, 0.15) is 5.82 Å². The van der Waals surface area contributed by atoms with E-state index in [9.17, 15) is 0 Å². The first-order chi connectivity index (χ1) is 7.73. The predicted molar refractivity (Wildman–Crippen MR) is 63.1 cm³/mol. The van der Waals surface area contributed by atoms with Crippen LogP contribution in [0.4, 0.5) is 5.82 Å². The molecule has 2 heterocycles. The van der Waals surface area contributed by atoms with Crippen LogP contribution < -0.4 is 11.1 Å². The molecular weight excluding hydrogens is 200 g/mol. The molecular formula is C12H18N4. The lowest BCUT2D eigenvalue weighted by Crippen LogP contribution is -2.29. The van der Waals surface area contributed by atoms with Gasteiger partial charge in [-0.1, -0.05) is 0 Å². The van der Waals surface area contributed by atoms with E-state index in [2.05, 4.69) is 22.4 Å². The summed E-state index contributed by atoms with van der Waals surface area (Å²) in [6.45, 7) is 4.37. The van der Waals surface area contributed by atoms with Crippen molar-refractivity contribution in [3.8, 4) is 0 Å². The maximum Gasteiger partial charge on any atom is 0.149 e. The van der Waals surface area contributed by atoms with Gasteiger partial charge in [-0.05, 0) is 61.7 Å². The molecule has 1 spiro atoms. The minimum atomic E-state index is 0.547. The Balaban J connectivity index is 1.87. The summed E-state index contributed by atoms with van der Waals surface area (Å²) < 4.78 is 0. The summed E-state index contributed by atoms with van der Waals surface area (Å²) in [4.78, 5) is 0. The van der Waals surface area contributed by atoms with Gasteiger partial charge in [0.15, 0.2) is 0 Å². The third-order valence-electron chi connectivity index (χ3n) is 4.34. The van der Waals surface area contributed by atoms with Crippen molar-refractivity contribution >= 4 is 5.82 Å². The number of nitrogens with one attached hydrogen (secondary N) is 1. The van der Waals surface area contributed by atoms with Crippen molar-refractivity contribution in [1.82, 2.24) is 15.5 Å². The van der Waals surface area contributed by atoms with Crippen molar-refractivity contribution in [2.24, 2.45) is 5.41 Å². The number of nitrogens with zero attached hydrogens (tertiary/aromatic N) is 2. The molecule has 16 heavy (non-hydrogen) atoms. The Morgan fingerprint density at radius 3 is 2.94 bits per heavy atom. The first-order valence-electron chi connectivity index (χ1n) is 6.01. The van der Waals surface area contributed by atoms with Gasteiger partial charge in [0, 0.05) is 0 Å². The van der Waals surface area contributed by atoms with Gasteiger partial charge in [-0.2, -0.15) is 5.10 Å². The minimum absolute atomic E-state index is 0.547. The highest BCUT2D eigenvalue weighted by molar-refractivity contribution is 5.46. The van der Waals surface area contributed by atoms with E-state index in [0.29, 0.717) is 17.2 Å². The quantitative estimate of drug-likeness (QED) is 0.744. The van der Waals surface area contributed by atoms with E-state index >= 15 is 0 Å². The zero-order valence-corrected chi connectivity index (χ0v) is 9.66. The third-order valence-corrected chi connectivity index (χ3v) is 4.34. The van der Waals surface area contributed by atoms with Crippen molar-refractivity contribution in [3.05, 3.63) is 17.3 Å². The summed E-state index contributed by atoms with van der Waals surface area (Å²) in [5.41, 5.74) is 8.83. The summed E-state index contributed by atoms with van der Waals surface area (Å²) in [5.74, 6) is 1.26. The van der Waals surface area contributed by atoms with Crippen LogP contribution in [0.1, 0.15) is 36.3 Å². The van der Waals surface area contributed by atoms with Crippen LogP contribution in [-0.4, -0.2) is 23.3 Å². The fraction of sp³-hybridized carbons (Fsp3) is 0.667. The molecule has 4 heteroatoms. The lowest BCUT2D eigenvalue weighted by Gasteiger charge is -2.23. The van der Waals surface area contributed by atoms with Gasteiger partial charge in [0.05, 0.1) is 6.20 Å². The van der Waals surface area contributed by atoms with Gasteiger partial charge in [0.2, 0.25) is 0 Å². The van der Waals surface area contributed by atoms with Crippen molar-refractivity contribution in [1.29, 1.82) is 0 Å². The molecule has 1 saturated carbocycles. The molecule has 2 fully saturated rings. The molecule has 3 rings (SSSR count). The molecule has 4 nitrogen and oxygen atoms in total. The highest BCUT2D eigenvalue weighted by atomic mass is 15.1. The number of piperidine rings is 1. The first-order valence-corrected chi connectivity index (χ1v) is 6.01. The summed E-state index contributed by atoms with van der Waals surface area (Å²) in [5, 5.41) is 11.3. The molecule has 1 atom stereocenters. The smallest absolute Gasteiger partial charge is 0.149 e. The van der Waals surface area contributed by atoms with E-state index in [-0.39, 0.29) is 0 Å². The summed E-state index contributed by atoms with van der Waals surface area (Å²) >= 11 is 0. The molecule has 1 aromatic heterocycles. The molecule has 1 aliphatic carbocycles. The van der Waals surface area contributed by atoms with Crippen LogP contribution in [0, 0.1) is 12.3 Å². The van der Waals surface area contributed by atoms with Gasteiger partial charge in [0.25, 0.3) is 0 Å². The summed E-state index contributed by atoms with van der Waals surface area (Å²) in [6.07, 6.45) is 5.80. The van der Waals surface area contributed by atoms with E-state index < -0.39 is 0 Å². The van der Waals surface area contributed by atoms with Gasteiger partial charge < -0.3 is 11.1 Å². The molecule has 1 unspecified atom stereocenters. The average molecular weight is 218 g/mol. The normalized spacial score (nSPS) is 26.9. The van der Waals surface area contributed by atoms with Crippen LogP contribution in [0.25, 0.3) is 0 Å². The van der Waals surface area contributed by atoms with Crippen LogP contribution in [0.15, 0.2) is 6.20 Å². The van der Waals surface area contributed by atoms with Crippen LogP contribution >= 0.6 is 0 Å². The maximum absolute atomic E-state index is 5.82. The van der Waals surface area contributed by atoms with Crippen molar-refractivity contribution in [3.63, 3.8) is 0 Å². The highest BCUT2D eigenvalue weighted by Gasteiger charge is 2.54. The predicted octanol–water partition coefficient (Wildman–Crippen LogP) is 1.22. The number of anilines is 1. The highest BCUT2D eigenvalue weighted by Crippen LogP contribution is 2.64. The van der Waals surface area contributed by atoms with Crippen molar-refractivity contribution in [2.45, 2.75) is 32.1 Å². The Labute approximate surface area is 95.6 Å². The third kappa shape index (κ3) is 1.40. The standard InChI is InChI=1S/C12H18N4/c1-8-9(7-15-16-11(8)13)10-6-12(10)2-4-14-5-3-12/h7,10,14H,2-6H2,1H3,(H2,13,16). The SMILES string of the molecule is Cc1c(C2CC23CCNCC3)cnnc1N. The molecule has 0 bridgehead atoms. The Hall–Kier alpha value is -1.16. The number of nitrogens with two attached hydrogens (primary N) is 1. The number of aromatic nitrogens is 2. The number of rotatable bonds is 1. The van der Waals surface area contributed by atoms with Crippen molar-refractivity contribution < 1.29 is 0 Å². The second kappa shape index (κ2) is 3.42. The second-order valence-corrected chi connectivity index (χ2v) is 5.18. The average Bonchev–Trinajstić information content (AvgIpc) is 2.97. The summed E-state index contributed by atoms with van der Waals surface area (Å²) in [7, 11) is 0. The van der Waals surface area contributed by atoms with Crippen LogP contribution in [0.3, 0.4) is 0 Å². The molecule has 1 saturated heterocycles. The van der Waals surface area contributed by atoms with Gasteiger partial charge >= 0.3 is 0 Å². The van der Waals surface area contributed by atoms with E-state index in [1.165, 1.54) is 24.8 Å². The topological polar surface area (TPSA) is 63.8 Å². The molecule has 3 N–H and O–H groups in total. The lowest BCUT2D eigenvalue weighted by molar-refractivity contribution is 0.342. The fourth-order valence-corrected chi connectivity index (χ4v) is 3.09.